The second-order valence-corrected chi connectivity index (χ2v) is 18.1. The van der Waals surface area contributed by atoms with Gasteiger partial charge in [0.1, 0.15) is 42.0 Å². The highest BCUT2D eigenvalue weighted by molar-refractivity contribution is 5.98. The van der Waals surface area contributed by atoms with Gasteiger partial charge < -0.3 is 70.2 Å². The van der Waals surface area contributed by atoms with Gasteiger partial charge in [0.25, 0.3) is 0 Å². The molecule has 0 spiro atoms. The van der Waals surface area contributed by atoms with Gasteiger partial charge in [-0.25, -0.2) is 0 Å². The molecular weight excluding hydrogens is 917 g/mol. The second kappa shape index (κ2) is 27.6. The van der Waals surface area contributed by atoms with Crippen molar-refractivity contribution in [3.05, 3.63) is 29.8 Å². The fourth-order valence-corrected chi connectivity index (χ4v) is 7.53. The third-order valence-electron chi connectivity index (χ3n) is 11.8. The molecule has 0 radical (unpaired) electrons. The van der Waals surface area contributed by atoms with Crippen LogP contribution >= 0.6 is 0 Å². The van der Waals surface area contributed by atoms with Crippen LogP contribution in [0.3, 0.4) is 0 Å². The summed E-state index contributed by atoms with van der Waals surface area (Å²) in [5.41, 5.74) is 16.5. The van der Waals surface area contributed by atoms with Crippen molar-refractivity contribution in [1.29, 1.82) is 0 Å². The number of phenolic OH excluding ortho intramolecular Hbond substituents is 1. The van der Waals surface area contributed by atoms with E-state index in [9.17, 15) is 62.6 Å². The first-order valence-electron chi connectivity index (χ1n) is 23.2. The van der Waals surface area contributed by atoms with Crippen LogP contribution in [0, 0.1) is 23.7 Å². The number of hydrogen-bond donors (Lipinski definition) is 13. The fourth-order valence-electron chi connectivity index (χ4n) is 7.53. The fraction of sp³-hybridized carbons (Fsp3) is 0.600. The number of amides is 12. The lowest BCUT2D eigenvalue weighted by molar-refractivity contribution is -0.136. The summed E-state index contributed by atoms with van der Waals surface area (Å²) in [6.07, 6.45) is -1.27. The van der Waals surface area contributed by atoms with Crippen LogP contribution in [0.2, 0.25) is 0 Å². The normalized spacial score (nSPS) is 23.6. The molecule has 1 heterocycles. The minimum absolute atomic E-state index is 0.0141. The molecule has 12 amide bonds. The van der Waals surface area contributed by atoms with E-state index in [0.29, 0.717) is 24.8 Å². The minimum atomic E-state index is -1.76. The molecule has 1 saturated heterocycles. The highest BCUT2D eigenvalue weighted by Gasteiger charge is 2.44. The predicted octanol–water partition coefficient (Wildman–Crippen LogP) is -4.27. The maximum Gasteiger partial charge on any atom is 0.243 e. The standard InChI is InChI=1S/C45H68N12O13/c1-5-23(4)38-45(70)54-29(10-12-33(46)59)42(67)56-32(19-34(47)60)43(68)53-28(11-13-36(62)50-21-37(63)52-31(44(69)57-38)17-24-6-8-26(58)9-7-24)40(65)49-15-14-25-18-27(25)39(64)55-30(16-22(2)3)41(66)51-20-35(48)61/h6-9,22-23,25,27-32,38,58H,5,10-21H2,1-4H3,(H2,46,59)(H2,47,60)(H2,48,61)(H,49,65)(H,50,62)(H,51,66)(H,52,63)(H,53,68)(H,54,70)(H,55,64)(H,56,67)(H,57,69)/t23?,25?,27?,28-,29-,30+,31-,32-,38?/m0/s1. The van der Waals surface area contributed by atoms with Crippen LogP contribution in [-0.4, -0.2) is 132 Å². The van der Waals surface area contributed by atoms with E-state index < -0.39 is 158 Å². The third-order valence-corrected chi connectivity index (χ3v) is 11.8. The maximum atomic E-state index is 14.0. The maximum absolute atomic E-state index is 14.0. The second-order valence-electron chi connectivity index (χ2n) is 18.1. The van der Waals surface area contributed by atoms with Gasteiger partial charge in [-0.3, -0.25) is 57.5 Å². The summed E-state index contributed by atoms with van der Waals surface area (Å²) in [5.74, 6) is -11.2. The van der Waals surface area contributed by atoms with Crippen LogP contribution in [0.1, 0.15) is 91.0 Å². The largest absolute Gasteiger partial charge is 0.508 e. The molecule has 9 atom stereocenters. The molecule has 16 N–H and O–H groups in total. The van der Waals surface area contributed by atoms with Crippen molar-refractivity contribution in [2.24, 2.45) is 40.9 Å². The van der Waals surface area contributed by atoms with Gasteiger partial charge in [0, 0.05) is 31.7 Å². The van der Waals surface area contributed by atoms with Gasteiger partial charge in [0.2, 0.25) is 70.9 Å². The van der Waals surface area contributed by atoms with Gasteiger partial charge in [-0.15, -0.1) is 0 Å². The lowest BCUT2D eigenvalue weighted by Crippen LogP contribution is -2.61. The highest BCUT2D eigenvalue weighted by Crippen LogP contribution is 2.41. The SMILES string of the molecule is CCC(C)C1NC(=O)[C@H](Cc2ccc(O)cc2)NC(=O)CNC(=O)CC[C@@H](C(=O)NCCC2CC2C(=O)N[C@H](CC(C)C)C(=O)NCC(N)=O)NC(=O)[C@H](CC(N)=O)NC(=O)[C@H](CCC(N)=O)NC1=O. The monoisotopic (exact) mass is 985 g/mol. The number of primary amides is 3. The topological polar surface area (TPSA) is 411 Å². The van der Waals surface area contributed by atoms with Crippen LogP contribution in [0.25, 0.3) is 0 Å². The van der Waals surface area contributed by atoms with Crippen molar-refractivity contribution in [1.82, 2.24) is 47.9 Å². The van der Waals surface area contributed by atoms with Crippen molar-refractivity contribution in [2.45, 2.75) is 128 Å². The molecular formula is C45H68N12O13. The van der Waals surface area contributed by atoms with Crippen LogP contribution in [-0.2, 0) is 64.0 Å². The van der Waals surface area contributed by atoms with E-state index in [0.717, 1.165) is 0 Å². The Kier molecular flexibility index (Phi) is 22.5. The average Bonchev–Trinajstić information content (AvgIpc) is 4.07. The molecule has 25 nitrogen and oxygen atoms in total. The summed E-state index contributed by atoms with van der Waals surface area (Å²) < 4.78 is 0. The first-order chi connectivity index (χ1) is 33.0. The van der Waals surface area contributed by atoms with Crippen molar-refractivity contribution >= 4 is 70.9 Å². The zero-order chi connectivity index (χ0) is 52.2. The molecule has 386 valence electrons. The quantitative estimate of drug-likeness (QED) is 0.0590. The van der Waals surface area contributed by atoms with Crippen LogP contribution in [0.4, 0.5) is 0 Å². The number of aromatic hydroxyl groups is 1. The predicted molar refractivity (Wildman–Crippen MR) is 248 cm³/mol. The number of nitrogens with two attached hydrogens (primary N) is 3. The summed E-state index contributed by atoms with van der Waals surface area (Å²) in [5, 5.41) is 32.5. The number of hydrogen-bond acceptors (Lipinski definition) is 13. The first-order valence-corrected chi connectivity index (χ1v) is 23.2. The number of nitrogens with one attached hydrogen (secondary N) is 9. The number of phenols is 1. The van der Waals surface area contributed by atoms with Gasteiger partial charge in [0.15, 0.2) is 0 Å². The molecule has 3 rings (SSSR count). The van der Waals surface area contributed by atoms with Crippen molar-refractivity contribution in [3.8, 4) is 5.75 Å². The van der Waals surface area contributed by atoms with Crippen LogP contribution < -0.4 is 65.1 Å². The number of benzene rings is 1. The van der Waals surface area contributed by atoms with Gasteiger partial charge in [-0.1, -0.05) is 46.2 Å². The highest BCUT2D eigenvalue weighted by atomic mass is 16.3. The Morgan fingerprint density at radius 1 is 0.729 bits per heavy atom. The Morgan fingerprint density at radius 3 is 1.99 bits per heavy atom. The average molecular weight is 985 g/mol. The zero-order valence-corrected chi connectivity index (χ0v) is 39.9. The summed E-state index contributed by atoms with van der Waals surface area (Å²) in [7, 11) is 0. The lowest BCUT2D eigenvalue weighted by atomic mass is 9.96. The molecule has 1 aliphatic heterocycles. The molecule has 4 unspecified atom stereocenters. The molecule has 2 aliphatic rings. The zero-order valence-electron chi connectivity index (χ0n) is 39.9. The summed E-state index contributed by atoms with van der Waals surface area (Å²) in [6.45, 7) is 6.02. The Morgan fingerprint density at radius 2 is 1.37 bits per heavy atom. The van der Waals surface area contributed by atoms with Gasteiger partial charge in [0.05, 0.1) is 19.5 Å². The molecule has 1 saturated carbocycles. The van der Waals surface area contributed by atoms with E-state index in [4.69, 9.17) is 17.2 Å². The van der Waals surface area contributed by atoms with E-state index in [-0.39, 0.29) is 43.4 Å². The molecule has 0 bridgehead atoms. The van der Waals surface area contributed by atoms with Crippen molar-refractivity contribution in [2.75, 3.05) is 19.6 Å². The minimum Gasteiger partial charge on any atom is -0.508 e. The number of carbonyl (C=O) groups is 12. The molecule has 1 aromatic rings. The molecule has 70 heavy (non-hydrogen) atoms. The summed E-state index contributed by atoms with van der Waals surface area (Å²) >= 11 is 0. The Labute approximate surface area is 404 Å². The third kappa shape index (κ3) is 19.7. The van der Waals surface area contributed by atoms with E-state index in [1.165, 1.54) is 24.3 Å². The number of rotatable bonds is 20. The molecule has 1 aliphatic carbocycles. The smallest absolute Gasteiger partial charge is 0.243 e. The van der Waals surface area contributed by atoms with Crippen molar-refractivity contribution < 1.29 is 62.6 Å². The van der Waals surface area contributed by atoms with E-state index >= 15 is 0 Å². The first kappa shape index (κ1) is 57.0. The van der Waals surface area contributed by atoms with Crippen LogP contribution in [0.15, 0.2) is 24.3 Å². The van der Waals surface area contributed by atoms with E-state index in [2.05, 4.69) is 47.9 Å². The summed E-state index contributed by atoms with van der Waals surface area (Å²) in [4.78, 5) is 157. The molecule has 1 aromatic carbocycles. The van der Waals surface area contributed by atoms with Crippen molar-refractivity contribution in [3.63, 3.8) is 0 Å². The Hall–Kier alpha value is -7.34. The Balaban J connectivity index is 1.88. The van der Waals surface area contributed by atoms with E-state index in [1.54, 1.807) is 13.8 Å². The number of carbonyl (C=O) groups excluding carboxylic acids is 12. The van der Waals surface area contributed by atoms with Gasteiger partial charge >= 0.3 is 0 Å². The molecule has 2 fully saturated rings. The lowest BCUT2D eigenvalue weighted by Gasteiger charge is -2.29. The van der Waals surface area contributed by atoms with E-state index in [1.807, 2.05) is 13.8 Å². The molecule has 25 heteroatoms. The Bertz CT molecular complexity index is 2100. The van der Waals surface area contributed by atoms with Crippen LogP contribution in [0.5, 0.6) is 5.75 Å². The summed E-state index contributed by atoms with van der Waals surface area (Å²) in [6, 6.07) is -2.68. The van der Waals surface area contributed by atoms with Gasteiger partial charge in [-0.05, 0) is 67.6 Å². The molecule has 0 aromatic heterocycles. The van der Waals surface area contributed by atoms with Gasteiger partial charge in [-0.2, -0.15) is 0 Å².